The van der Waals surface area contributed by atoms with Crippen LogP contribution in [0.1, 0.15) is 45.2 Å². The minimum absolute atomic E-state index is 0.297. The van der Waals surface area contributed by atoms with Crippen LogP contribution in [0.25, 0.3) is 5.57 Å². The minimum Gasteiger partial charge on any atom is -0.361 e. The third-order valence-electron chi connectivity index (χ3n) is 4.54. The Kier molecular flexibility index (Phi) is 3.90. The summed E-state index contributed by atoms with van der Waals surface area (Å²) in [5.74, 6) is 0. The molecule has 1 aromatic rings. The molecule has 2 atom stereocenters. The maximum absolute atomic E-state index is 3.77. The number of rotatable bonds is 3. The van der Waals surface area contributed by atoms with Crippen molar-refractivity contribution in [1.82, 2.24) is 10.2 Å². The van der Waals surface area contributed by atoms with E-state index in [-0.39, 0.29) is 0 Å². The molecular weight excluding hydrogens is 268 g/mol. The first kappa shape index (κ1) is 15.4. The van der Waals surface area contributed by atoms with E-state index in [1.807, 2.05) is 0 Å². The first-order chi connectivity index (χ1) is 10.3. The lowest BCUT2D eigenvalue weighted by molar-refractivity contribution is 0.253. The molecule has 0 fully saturated rings. The molecule has 0 saturated carbocycles. The van der Waals surface area contributed by atoms with Crippen LogP contribution < -0.4 is 5.32 Å². The van der Waals surface area contributed by atoms with E-state index in [1.165, 1.54) is 28.7 Å². The van der Waals surface area contributed by atoms with Gasteiger partial charge in [-0.05, 0) is 48.0 Å². The van der Waals surface area contributed by atoms with Gasteiger partial charge in [-0.2, -0.15) is 0 Å². The van der Waals surface area contributed by atoms with Crippen molar-refractivity contribution in [2.24, 2.45) is 5.41 Å². The van der Waals surface area contributed by atoms with E-state index in [2.05, 4.69) is 81.5 Å². The summed E-state index contributed by atoms with van der Waals surface area (Å²) in [7, 11) is 2.17. The second-order valence-electron chi connectivity index (χ2n) is 8.01. The van der Waals surface area contributed by atoms with E-state index in [9.17, 15) is 0 Å². The Labute approximate surface area is 134 Å². The van der Waals surface area contributed by atoms with Gasteiger partial charge < -0.3 is 4.90 Å². The van der Waals surface area contributed by atoms with Crippen molar-refractivity contribution < 1.29 is 0 Å². The minimum atomic E-state index is 0.297. The van der Waals surface area contributed by atoms with E-state index in [4.69, 9.17) is 0 Å². The summed E-state index contributed by atoms with van der Waals surface area (Å²) in [5, 5.41) is 3.77. The topological polar surface area (TPSA) is 15.3 Å². The van der Waals surface area contributed by atoms with Crippen molar-refractivity contribution in [2.45, 2.75) is 52.7 Å². The molecular formula is C20H28N2. The van der Waals surface area contributed by atoms with E-state index < -0.39 is 0 Å². The van der Waals surface area contributed by atoms with Gasteiger partial charge in [0.1, 0.15) is 0 Å². The fourth-order valence-electron chi connectivity index (χ4n) is 3.74. The third kappa shape index (κ3) is 3.12. The van der Waals surface area contributed by atoms with Gasteiger partial charge >= 0.3 is 0 Å². The molecule has 0 amide bonds. The number of allylic oxidation sites excluding steroid dienone is 2. The molecule has 118 valence electrons. The van der Waals surface area contributed by atoms with Crippen LogP contribution in [-0.2, 0) is 6.42 Å². The molecule has 0 bridgehead atoms. The quantitative estimate of drug-likeness (QED) is 0.899. The van der Waals surface area contributed by atoms with Crippen molar-refractivity contribution in [3.63, 3.8) is 0 Å². The largest absolute Gasteiger partial charge is 0.361 e. The van der Waals surface area contributed by atoms with Gasteiger partial charge in [0.25, 0.3) is 0 Å². The molecule has 2 aliphatic rings. The van der Waals surface area contributed by atoms with Crippen LogP contribution >= 0.6 is 0 Å². The Hall–Kier alpha value is -1.54. The van der Waals surface area contributed by atoms with Crippen LogP contribution in [-0.4, -0.2) is 24.2 Å². The average Bonchev–Trinajstić information content (AvgIpc) is 2.75. The number of nitrogens with one attached hydrogen (secondary N) is 1. The molecule has 2 nitrogen and oxygen atoms in total. The number of likely N-dealkylation sites (N-methyl/N-ethyl adjacent to an activating group) is 1. The molecule has 1 unspecified atom stereocenters. The van der Waals surface area contributed by atoms with Crippen molar-refractivity contribution in [3.05, 3.63) is 53.2 Å². The average molecular weight is 296 g/mol. The van der Waals surface area contributed by atoms with Gasteiger partial charge in [-0.15, -0.1) is 0 Å². The van der Waals surface area contributed by atoms with Crippen LogP contribution in [0, 0.1) is 5.41 Å². The second-order valence-corrected chi connectivity index (χ2v) is 8.01. The Bertz CT molecular complexity index is 619. The Morgan fingerprint density at radius 2 is 2.00 bits per heavy atom. The Morgan fingerprint density at radius 1 is 1.27 bits per heavy atom. The summed E-state index contributed by atoms with van der Waals surface area (Å²) >= 11 is 0. The molecule has 2 heteroatoms. The van der Waals surface area contributed by atoms with Crippen molar-refractivity contribution in [2.75, 3.05) is 7.05 Å². The standard InChI is InChI=1S/C20H28N2/c1-14(12-20(2,3)4)21-19-11-16-10-15-8-6-7-9-17(15)18(16)13-22(19)5/h6-9,11,13-14,19,21H,10,12H2,1-5H3/t14-,19?/m1/s1. The van der Waals surface area contributed by atoms with Crippen LogP contribution in [0.5, 0.6) is 0 Å². The highest BCUT2D eigenvalue weighted by molar-refractivity contribution is 5.86. The smallest absolute Gasteiger partial charge is 0.0987 e. The third-order valence-corrected chi connectivity index (χ3v) is 4.54. The van der Waals surface area contributed by atoms with E-state index in [0.717, 1.165) is 6.42 Å². The number of benzene rings is 1. The summed E-state index contributed by atoms with van der Waals surface area (Å²) < 4.78 is 0. The van der Waals surface area contributed by atoms with Gasteiger partial charge in [-0.3, -0.25) is 5.32 Å². The Balaban J connectivity index is 1.76. The highest BCUT2D eigenvalue weighted by Gasteiger charge is 2.28. The summed E-state index contributed by atoms with van der Waals surface area (Å²) in [6.07, 6.45) is 7.27. The van der Waals surface area contributed by atoms with Gasteiger partial charge in [-0.1, -0.05) is 45.0 Å². The van der Waals surface area contributed by atoms with Gasteiger partial charge in [-0.25, -0.2) is 0 Å². The van der Waals surface area contributed by atoms with Crippen LogP contribution in [0.2, 0.25) is 0 Å². The molecule has 0 spiro atoms. The summed E-state index contributed by atoms with van der Waals surface area (Å²) in [5.41, 5.74) is 6.09. The normalized spacial score (nSPS) is 21.9. The lowest BCUT2D eigenvalue weighted by Crippen LogP contribution is -2.46. The first-order valence-corrected chi connectivity index (χ1v) is 8.33. The fourth-order valence-corrected chi connectivity index (χ4v) is 3.74. The van der Waals surface area contributed by atoms with Gasteiger partial charge in [0, 0.05) is 24.9 Å². The van der Waals surface area contributed by atoms with Gasteiger partial charge in [0.2, 0.25) is 0 Å². The second kappa shape index (κ2) is 5.58. The lowest BCUT2D eigenvalue weighted by Gasteiger charge is -2.34. The highest BCUT2D eigenvalue weighted by atomic mass is 15.2. The maximum Gasteiger partial charge on any atom is 0.0987 e. The number of hydrogen-bond donors (Lipinski definition) is 1. The molecule has 0 aromatic heterocycles. The number of fused-ring (bicyclic) bond motifs is 3. The summed E-state index contributed by atoms with van der Waals surface area (Å²) in [4.78, 5) is 2.31. The zero-order valence-corrected chi connectivity index (χ0v) is 14.5. The monoisotopic (exact) mass is 296 g/mol. The molecule has 3 rings (SSSR count). The zero-order chi connectivity index (χ0) is 15.9. The van der Waals surface area contributed by atoms with Crippen molar-refractivity contribution >= 4 is 5.57 Å². The molecule has 1 aromatic carbocycles. The maximum atomic E-state index is 3.77. The van der Waals surface area contributed by atoms with Gasteiger partial charge in [0.15, 0.2) is 0 Å². The van der Waals surface area contributed by atoms with Crippen LogP contribution in [0.15, 0.2) is 42.1 Å². The molecule has 0 radical (unpaired) electrons. The van der Waals surface area contributed by atoms with E-state index >= 15 is 0 Å². The van der Waals surface area contributed by atoms with Crippen molar-refractivity contribution in [3.8, 4) is 0 Å². The van der Waals surface area contributed by atoms with Gasteiger partial charge in [0.05, 0.1) is 6.17 Å². The molecule has 22 heavy (non-hydrogen) atoms. The summed E-state index contributed by atoms with van der Waals surface area (Å²) in [6.45, 7) is 9.21. The van der Waals surface area contributed by atoms with E-state index in [0.29, 0.717) is 17.6 Å². The molecule has 1 aliphatic carbocycles. The predicted molar refractivity (Wildman–Crippen MR) is 94.4 cm³/mol. The van der Waals surface area contributed by atoms with E-state index in [1.54, 1.807) is 0 Å². The summed E-state index contributed by atoms with van der Waals surface area (Å²) in [6, 6.07) is 9.27. The molecule has 1 N–H and O–H groups in total. The molecule has 0 saturated heterocycles. The zero-order valence-electron chi connectivity index (χ0n) is 14.5. The van der Waals surface area contributed by atoms with Crippen LogP contribution in [0.4, 0.5) is 0 Å². The molecule has 1 aliphatic heterocycles. The highest BCUT2D eigenvalue weighted by Crippen LogP contribution is 2.39. The Morgan fingerprint density at radius 3 is 2.73 bits per heavy atom. The SMILES string of the molecule is C[C@H](CC(C)(C)C)NC1C=C2Cc3ccccc3C2=CN1C. The fraction of sp³-hybridized carbons (Fsp3) is 0.500. The first-order valence-electron chi connectivity index (χ1n) is 8.33. The lowest BCUT2D eigenvalue weighted by atomic mass is 9.88. The number of hydrogen-bond acceptors (Lipinski definition) is 2. The number of nitrogens with zero attached hydrogens (tertiary/aromatic N) is 1. The molecule has 1 heterocycles. The van der Waals surface area contributed by atoms with Crippen molar-refractivity contribution in [1.29, 1.82) is 0 Å². The predicted octanol–water partition coefficient (Wildman–Crippen LogP) is 4.20. The van der Waals surface area contributed by atoms with Crippen LogP contribution in [0.3, 0.4) is 0 Å².